The van der Waals surface area contributed by atoms with Crippen LogP contribution in [0.15, 0.2) is 22.5 Å². The zero-order chi connectivity index (χ0) is 38.6. The van der Waals surface area contributed by atoms with Crippen molar-refractivity contribution in [3.8, 4) is 0 Å². The van der Waals surface area contributed by atoms with E-state index >= 15 is 0 Å². The Labute approximate surface area is 303 Å². The van der Waals surface area contributed by atoms with Crippen molar-refractivity contribution in [3.05, 3.63) is 22.5 Å². The van der Waals surface area contributed by atoms with Gasteiger partial charge in [-0.15, -0.1) is 0 Å². The molecule has 2 atom stereocenters. The largest absolute Gasteiger partial charge is 0.456 e. The zero-order valence-electron chi connectivity index (χ0n) is 31.4. The number of hydrogen-bond acceptors (Lipinski definition) is 12. The molecular weight excluding hydrogens is 680 g/mol. The van der Waals surface area contributed by atoms with Gasteiger partial charge in [0.25, 0.3) is 0 Å². The average Bonchev–Trinajstić information content (AvgIpc) is 3.72. The van der Waals surface area contributed by atoms with Crippen molar-refractivity contribution < 1.29 is 57.9 Å². The van der Waals surface area contributed by atoms with Crippen LogP contribution in [0.4, 0.5) is 9.59 Å². The lowest BCUT2D eigenvalue weighted by atomic mass is 9.75. The Morgan fingerprint density at radius 3 is 1.19 bits per heavy atom. The molecule has 0 aromatic rings. The van der Waals surface area contributed by atoms with E-state index in [1.807, 2.05) is 0 Å². The van der Waals surface area contributed by atoms with Gasteiger partial charge in [0, 0.05) is 26.2 Å². The highest BCUT2D eigenvalue weighted by Crippen LogP contribution is 2.45. The van der Waals surface area contributed by atoms with Crippen molar-refractivity contribution in [2.45, 2.75) is 104 Å². The van der Waals surface area contributed by atoms with Gasteiger partial charge in [0.05, 0.1) is 58.7 Å². The summed E-state index contributed by atoms with van der Waals surface area (Å²) in [6, 6.07) is 0. The van der Waals surface area contributed by atoms with E-state index in [1.165, 1.54) is 9.80 Å². The Balaban J connectivity index is 0.000000201. The highest BCUT2D eigenvalue weighted by Gasteiger charge is 2.58. The second-order valence-electron chi connectivity index (χ2n) is 16.4. The SMILES string of the molecule is CC1=C(N2C[C@@H](O)C3(CCN(C(=O)OC(C)(C)C)CC3)C2=O)COC1=O.CC1=C(N2C[C@H](O)C3(CCN(C(=O)OC(C)(C)C)CC3)C2=O)COC1=O. The van der Waals surface area contributed by atoms with Gasteiger partial charge < -0.3 is 48.8 Å². The van der Waals surface area contributed by atoms with Gasteiger partial charge in [-0.2, -0.15) is 0 Å². The van der Waals surface area contributed by atoms with E-state index in [9.17, 15) is 39.0 Å². The van der Waals surface area contributed by atoms with Crippen LogP contribution in [-0.4, -0.2) is 142 Å². The Hall–Kier alpha value is -4.18. The van der Waals surface area contributed by atoms with Crippen LogP contribution in [0.25, 0.3) is 0 Å². The first-order valence-electron chi connectivity index (χ1n) is 17.8. The summed E-state index contributed by atoms with van der Waals surface area (Å²) in [7, 11) is 0. The molecule has 0 bridgehead atoms. The fourth-order valence-corrected chi connectivity index (χ4v) is 7.57. The molecule has 6 aliphatic rings. The maximum absolute atomic E-state index is 13.1. The van der Waals surface area contributed by atoms with Crippen LogP contribution in [0.5, 0.6) is 0 Å². The maximum Gasteiger partial charge on any atom is 0.410 e. The van der Waals surface area contributed by atoms with Gasteiger partial charge in [0.15, 0.2) is 0 Å². The predicted molar refractivity (Wildman–Crippen MR) is 182 cm³/mol. The molecular formula is C36H52N4O12. The van der Waals surface area contributed by atoms with Crippen molar-refractivity contribution >= 4 is 35.9 Å². The van der Waals surface area contributed by atoms with Crippen LogP contribution in [0.2, 0.25) is 0 Å². The number of ether oxygens (including phenoxy) is 4. The molecule has 0 aliphatic carbocycles. The van der Waals surface area contributed by atoms with E-state index in [4.69, 9.17) is 18.9 Å². The number of carbonyl (C=O) groups excluding carboxylic acids is 6. The number of amides is 4. The van der Waals surface area contributed by atoms with E-state index in [1.54, 1.807) is 65.2 Å². The summed E-state index contributed by atoms with van der Waals surface area (Å²) in [5.74, 6) is -1.24. The van der Waals surface area contributed by atoms with E-state index in [0.717, 1.165) is 0 Å². The number of nitrogens with zero attached hydrogens (tertiary/aromatic N) is 4. The molecule has 6 aliphatic heterocycles. The molecule has 6 heterocycles. The predicted octanol–water partition coefficient (Wildman–Crippen LogP) is 2.08. The third-order valence-electron chi connectivity index (χ3n) is 10.8. The minimum Gasteiger partial charge on any atom is -0.456 e. The number of carbonyl (C=O) groups is 6. The maximum atomic E-state index is 13.1. The number of β-amino-alcohol motifs (C(OH)–C–C–N with tert-alkyl or cyclic N) is 2. The van der Waals surface area contributed by atoms with Crippen LogP contribution in [0.1, 0.15) is 81.1 Å². The molecule has 6 rings (SSSR count). The van der Waals surface area contributed by atoms with Crippen LogP contribution in [0, 0.1) is 10.8 Å². The molecule has 4 saturated heterocycles. The van der Waals surface area contributed by atoms with Crippen LogP contribution in [0.3, 0.4) is 0 Å². The summed E-state index contributed by atoms with van der Waals surface area (Å²) in [4.78, 5) is 79.9. The highest BCUT2D eigenvalue weighted by atomic mass is 16.6. The molecule has 288 valence electrons. The summed E-state index contributed by atoms with van der Waals surface area (Å²) in [5, 5.41) is 21.2. The number of rotatable bonds is 2. The van der Waals surface area contributed by atoms with Crippen molar-refractivity contribution in [3.63, 3.8) is 0 Å². The molecule has 2 spiro atoms. The fraction of sp³-hybridized carbons (Fsp3) is 0.722. The summed E-state index contributed by atoms with van der Waals surface area (Å²) in [6.07, 6.45) is -1.03. The minimum absolute atomic E-state index is 0.0588. The molecule has 16 nitrogen and oxygen atoms in total. The third kappa shape index (κ3) is 7.36. The molecule has 52 heavy (non-hydrogen) atoms. The topological polar surface area (TPSA) is 193 Å². The number of cyclic esters (lactones) is 2. The molecule has 0 aromatic heterocycles. The quantitative estimate of drug-likeness (QED) is 0.311. The molecule has 0 unspecified atom stereocenters. The number of esters is 2. The van der Waals surface area contributed by atoms with E-state index in [0.29, 0.717) is 74.4 Å². The second kappa shape index (κ2) is 14.0. The Morgan fingerprint density at radius 2 is 0.942 bits per heavy atom. The Bertz CT molecular complexity index is 1460. The molecule has 2 N–H and O–H groups in total. The van der Waals surface area contributed by atoms with Gasteiger partial charge in [0.1, 0.15) is 24.4 Å². The summed E-state index contributed by atoms with van der Waals surface area (Å²) in [5.41, 5.74) is -1.11. The lowest BCUT2D eigenvalue weighted by Crippen LogP contribution is -2.50. The molecule has 0 radical (unpaired) electrons. The second-order valence-corrected chi connectivity index (χ2v) is 16.4. The first-order valence-corrected chi connectivity index (χ1v) is 17.8. The van der Waals surface area contributed by atoms with Gasteiger partial charge in [-0.1, -0.05) is 0 Å². The summed E-state index contributed by atoms with van der Waals surface area (Å²) >= 11 is 0. The molecule has 4 amide bonds. The van der Waals surface area contributed by atoms with Gasteiger partial charge in [0.2, 0.25) is 11.8 Å². The first kappa shape index (κ1) is 39.0. The standard InChI is InChI=1S/2C18H26N2O6/c2*1-11-12(10-25-14(11)22)20-9-13(21)18(15(20)23)5-7-19(8-6-18)16(24)26-17(2,3)4/h2*13,21H,5-10H2,1-4H3/t2*13-/m10/s1. The third-order valence-corrected chi connectivity index (χ3v) is 10.8. The van der Waals surface area contributed by atoms with Crippen molar-refractivity contribution in [2.24, 2.45) is 10.8 Å². The Kier molecular flexibility index (Phi) is 10.5. The van der Waals surface area contributed by atoms with Gasteiger partial charge >= 0.3 is 24.1 Å². The fourth-order valence-electron chi connectivity index (χ4n) is 7.57. The normalized spacial score (nSPS) is 26.0. The van der Waals surface area contributed by atoms with Crippen LogP contribution < -0.4 is 0 Å². The lowest BCUT2D eigenvalue weighted by molar-refractivity contribution is -0.141. The van der Waals surface area contributed by atoms with Crippen molar-refractivity contribution in [1.82, 2.24) is 19.6 Å². The minimum atomic E-state index is -0.919. The number of aliphatic hydroxyl groups excluding tert-OH is 2. The lowest BCUT2D eigenvalue weighted by Gasteiger charge is -2.39. The van der Waals surface area contributed by atoms with Crippen LogP contribution in [-0.2, 0) is 38.1 Å². The number of piperidine rings is 2. The van der Waals surface area contributed by atoms with E-state index in [-0.39, 0.29) is 38.1 Å². The van der Waals surface area contributed by atoms with Gasteiger partial charge in [-0.3, -0.25) is 9.59 Å². The first-order chi connectivity index (χ1) is 24.1. The number of hydrogen-bond donors (Lipinski definition) is 2. The zero-order valence-corrected chi connectivity index (χ0v) is 31.4. The summed E-state index contributed by atoms with van der Waals surface area (Å²) < 4.78 is 20.7. The molecule has 0 aromatic carbocycles. The number of aliphatic hydroxyl groups is 2. The smallest absolute Gasteiger partial charge is 0.410 e. The average molecular weight is 733 g/mol. The number of likely N-dealkylation sites (tertiary alicyclic amines) is 4. The van der Waals surface area contributed by atoms with E-state index in [2.05, 4.69) is 0 Å². The van der Waals surface area contributed by atoms with Crippen LogP contribution >= 0.6 is 0 Å². The van der Waals surface area contributed by atoms with E-state index < -0.39 is 58.4 Å². The summed E-state index contributed by atoms with van der Waals surface area (Å²) in [6.45, 7) is 15.9. The van der Waals surface area contributed by atoms with Gasteiger partial charge in [-0.05, 0) is 81.1 Å². The van der Waals surface area contributed by atoms with Crippen molar-refractivity contribution in [2.75, 3.05) is 52.5 Å². The molecule has 16 heteroatoms. The molecule has 0 saturated carbocycles. The Morgan fingerprint density at radius 1 is 0.635 bits per heavy atom. The van der Waals surface area contributed by atoms with Gasteiger partial charge in [-0.25, -0.2) is 19.2 Å². The highest BCUT2D eigenvalue weighted by molar-refractivity contribution is 5.95. The van der Waals surface area contributed by atoms with Crippen molar-refractivity contribution in [1.29, 1.82) is 0 Å². The monoisotopic (exact) mass is 732 g/mol. The molecule has 4 fully saturated rings.